The molecular weight excluding hydrogens is 317 g/mol. The number of benzene rings is 2. The first-order valence-corrected chi connectivity index (χ1v) is 8.34. The molecule has 114 valence electrons. The summed E-state index contributed by atoms with van der Waals surface area (Å²) in [5.74, 6) is 0.657. The van der Waals surface area contributed by atoms with Crippen LogP contribution in [0.5, 0.6) is 5.75 Å². The highest BCUT2D eigenvalue weighted by Crippen LogP contribution is 2.52. The van der Waals surface area contributed by atoms with Crippen LogP contribution in [0.2, 0.25) is 10.0 Å². The first-order chi connectivity index (χ1) is 10.6. The van der Waals surface area contributed by atoms with Gasteiger partial charge in [-0.2, -0.15) is 0 Å². The summed E-state index contributed by atoms with van der Waals surface area (Å²) < 4.78 is 0. The minimum absolute atomic E-state index is 0.130. The summed E-state index contributed by atoms with van der Waals surface area (Å²) in [7, 11) is 0. The van der Waals surface area contributed by atoms with E-state index >= 15 is 0 Å². The molecule has 2 unspecified atom stereocenters. The van der Waals surface area contributed by atoms with Crippen LogP contribution in [0.3, 0.4) is 0 Å². The monoisotopic (exact) mass is 333 g/mol. The van der Waals surface area contributed by atoms with Crippen molar-refractivity contribution in [2.75, 3.05) is 13.1 Å². The van der Waals surface area contributed by atoms with Crippen LogP contribution < -0.4 is 5.32 Å². The van der Waals surface area contributed by atoms with Crippen molar-refractivity contribution in [2.24, 2.45) is 0 Å². The van der Waals surface area contributed by atoms with E-state index in [9.17, 15) is 5.11 Å². The molecule has 1 aliphatic heterocycles. The van der Waals surface area contributed by atoms with Crippen molar-refractivity contribution in [1.29, 1.82) is 0 Å². The second-order valence-electron chi connectivity index (χ2n) is 6.41. The van der Waals surface area contributed by atoms with Crippen molar-refractivity contribution >= 4 is 23.2 Å². The predicted molar refractivity (Wildman–Crippen MR) is 90.2 cm³/mol. The number of halogens is 2. The van der Waals surface area contributed by atoms with Crippen LogP contribution in [0.1, 0.15) is 35.4 Å². The molecule has 22 heavy (non-hydrogen) atoms. The smallest absolute Gasteiger partial charge is 0.115 e. The van der Waals surface area contributed by atoms with Gasteiger partial charge in [0.05, 0.1) is 10.0 Å². The second kappa shape index (κ2) is 5.16. The van der Waals surface area contributed by atoms with Gasteiger partial charge in [0.15, 0.2) is 0 Å². The van der Waals surface area contributed by atoms with Crippen LogP contribution in [0, 0.1) is 0 Å². The summed E-state index contributed by atoms with van der Waals surface area (Å²) >= 11 is 12.3. The molecule has 2 atom stereocenters. The lowest BCUT2D eigenvalue weighted by molar-refractivity contribution is 0.444. The first kappa shape index (κ1) is 14.4. The van der Waals surface area contributed by atoms with Crippen molar-refractivity contribution in [1.82, 2.24) is 5.32 Å². The molecule has 1 aliphatic carbocycles. The first-order valence-electron chi connectivity index (χ1n) is 7.58. The lowest BCUT2D eigenvalue weighted by atomic mass is 9.80. The molecule has 1 saturated heterocycles. The Balaban J connectivity index is 1.84. The fourth-order valence-corrected chi connectivity index (χ4v) is 4.40. The Morgan fingerprint density at radius 3 is 2.68 bits per heavy atom. The Morgan fingerprint density at radius 1 is 1.09 bits per heavy atom. The van der Waals surface area contributed by atoms with Crippen molar-refractivity contribution in [3.8, 4) is 5.75 Å². The summed E-state index contributed by atoms with van der Waals surface area (Å²) in [5.41, 5.74) is 3.92. The molecular formula is C18H17Cl2NO. The Bertz CT molecular complexity index is 738. The standard InChI is InChI=1S/C18H17Cl2NO/c19-16-4-1-11(7-17(16)20)14-9-18(5-6-21-10-18)15-8-12(22)2-3-13(14)15/h1-4,7-8,14,21-22H,5-6,9-10H2. The Labute approximate surface area is 140 Å². The fraction of sp³-hybridized carbons (Fsp3) is 0.333. The summed E-state index contributed by atoms with van der Waals surface area (Å²) in [4.78, 5) is 0. The van der Waals surface area contributed by atoms with Gasteiger partial charge in [-0.1, -0.05) is 35.3 Å². The average Bonchev–Trinajstić information content (AvgIpc) is 3.09. The highest BCUT2D eigenvalue weighted by Gasteiger charge is 2.46. The molecule has 0 amide bonds. The van der Waals surface area contributed by atoms with Crippen LogP contribution >= 0.6 is 23.2 Å². The van der Waals surface area contributed by atoms with Gasteiger partial charge in [0.25, 0.3) is 0 Å². The molecule has 0 bridgehead atoms. The number of hydrogen-bond donors (Lipinski definition) is 2. The molecule has 0 radical (unpaired) electrons. The number of phenols is 1. The lowest BCUT2D eigenvalue weighted by Gasteiger charge is -2.24. The van der Waals surface area contributed by atoms with Crippen LogP contribution in [-0.4, -0.2) is 18.2 Å². The second-order valence-corrected chi connectivity index (χ2v) is 7.22. The zero-order chi connectivity index (χ0) is 15.3. The molecule has 0 saturated carbocycles. The van der Waals surface area contributed by atoms with E-state index in [-0.39, 0.29) is 5.41 Å². The van der Waals surface area contributed by atoms with Crippen LogP contribution in [0.4, 0.5) is 0 Å². The van der Waals surface area contributed by atoms with Gasteiger partial charge >= 0.3 is 0 Å². The van der Waals surface area contributed by atoms with Gasteiger partial charge in [-0.05, 0) is 60.3 Å². The highest BCUT2D eigenvalue weighted by molar-refractivity contribution is 6.42. The summed E-state index contributed by atoms with van der Waals surface area (Å²) in [6.07, 6.45) is 2.16. The minimum Gasteiger partial charge on any atom is -0.508 e. The van der Waals surface area contributed by atoms with Gasteiger partial charge in [-0.15, -0.1) is 0 Å². The Kier molecular flexibility index (Phi) is 3.37. The maximum atomic E-state index is 9.92. The third kappa shape index (κ3) is 2.13. The summed E-state index contributed by atoms with van der Waals surface area (Å²) in [6, 6.07) is 11.7. The van der Waals surface area contributed by atoms with Crippen LogP contribution in [0.15, 0.2) is 36.4 Å². The van der Waals surface area contributed by atoms with Gasteiger partial charge in [-0.25, -0.2) is 0 Å². The molecule has 0 aromatic heterocycles. The van der Waals surface area contributed by atoms with Gasteiger partial charge in [0.1, 0.15) is 5.75 Å². The topological polar surface area (TPSA) is 32.3 Å². The summed E-state index contributed by atoms with van der Waals surface area (Å²) in [5, 5.41) is 14.6. The summed E-state index contributed by atoms with van der Waals surface area (Å²) in [6.45, 7) is 2.00. The van der Waals surface area contributed by atoms with Crippen molar-refractivity contribution in [3.63, 3.8) is 0 Å². The molecule has 1 heterocycles. The van der Waals surface area contributed by atoms with E-state index in [1.165, 1.54) is 16.7 Å². The number of rotatable bonds is 1. The van der Waals surface area contributed by atoms with E-state index in [1.807, 2.05) is 18.2 Å². The van der Waals surface area contributed by atoms with Crippen molar-refractivity contribution < 1.29 is 5.11 Å². The van der Waals surface area contributed by atoms with Crippen molar-refractivity contribution in [2.45, 2.75) is 24.2 Å². The highest BCUT2D eigenvalue weighted by atomic mass is 35.5. The SMILES string of the molecule is Oc1ccc2c(c1)C1(CCNC1)CC2c1ccc(Cl)c(Cl)c1. The number of nitrogens with one attached hydrogen (secondary N) is 1. The van der Waals surface area contributed by atoms with E-state index in [0.717, 1.165) is 25.9 Å². The van der Waals surface area contributed by atoms with E-state index in [2.05, 4.69) is 17.4 Å². The average molecular weight is 334 g/mol. The van der Waals surface area contributed by atoms with Crippen LogP contribution in [0.25, 0.3) is 0 Å². The molecule has 2 nitrogen and oxygen atoms in total. The normalized spacial score (nSPS) is 26.5. The zero-order valence-corrected chi connectivity index (χ0v) is 13.6. The third-order valence-corrected chi connectivity index (χ3v) is 5.91. The van der Waals surface area contributed by atoms with Crippen molar-refractivity contribution in [3.05, 3.63) is 63.1 Å². The molecule has 1 fully saturated rings. The maximum absolute atomic E-state index is 9.92. The Morgan fingerprint density at radius 2 is 1.95 bits per heavy atom. The lowest BCUT2D eigenvalue weighted by Crippen LogP contribution is -2.26. The third-order valence-electron chi connectivity index (χ3n) is 5.17. The van der Waals surface area contributed by atoms with Crippen LogP contribution in [-0.2, 0) is 5.41 Å². The Hall–Kier alpha value is -1.22. The van der Waals surface area contributed by atoms with E-state index in [4.69, 9.17) is 23.2 Å². The molecule has 2 aromatic rings. The molecule has 4 heteroatoms. The van der Waals surface area contributed by atoms with E-state index < -0.39 is 0 Å². The molecule has 2 N–H and O–H groups in total. The number of hydrogen-bond acceptors (Lipinski definition) is 2. The zero-order valence-electron chi connectivity index (χ0n) is 12.1. The number of aromatic hydroxyl groups is 1. The fourth-order valence-electron chi connectivity index (χ4n) is 4.09. The predicted octanol–water partition coefficient (Wildman–Crippen LogP) is 4.47. The maximum Gasteiger partial charge on any atom is 0.115 e. The van der Waals surface area contributed by atoms with Gasteiger partial charge in [0.2, 0.25) is 0 Å². The van der Waals surface area contributed by atoms with Gasteiger partial charge in [0, 0.05) is 17.9 Å². The largest absolute Gasteiger partial charge is 0.508 e. The van der Waals surface area contributed by atoms with Gasteiger partial charge in [-0.3, -0.25) is 0 Å². The number of phenolic OH excluding ortho intramolecular Hbond substituents is 1. The minimum atomic E-state index is 0.130. The van der Waals surface area contributed by atoms with E-state index in [0.29, 0.717) is 21.7 Å². The molecule has 2 aliphatic rings. The molecule has 2 aromatic carbocycles. The quantitative estimate of drug-likeness (QED) is 0.807. The number of fused-ring (bicyclic) bond motifs is 2. The molecule has 4 rings (SSSR count). The van der Waals surface area contributed by atoms with E-state index in [1.54, 1.807) is 6.07 Å². The van der Waals surface area contributed by atoms with Gasteiger partial charge < -0.3 is 10.4 Å². The molecule has 1 spiro atoms.